The maximum Gasteiger partial charge on any atom is 0.399 e. The van der Waals surface area contributed by atoms with Gasteiger partial charge in [0.05, 0.1) is 16.9 Å². The quantitative estimate of drug-likeness (QED) is 0.552. The summed E-state index contributed by atoms with van der Waals surface area (Å²) in [5, 5.41) is 16.4. The second kappa shape index (κ2) is 6.56. The summed E-state index contributed by atoms with van der Waals surface area (Å²) in [6.07, 6.45) is 0. The molecular weight excluding hydrogens is 345 g/mol. The van der Waals surface area contributed by atoms with Crippen LogP contribution < -0.4 is 0 Å². The molecule has 2 rings (SSSR count). The summed E-state index contributed by atoms with van der Waals surface area (Å²) in [6, 6.07) is 9.53. The lowest BCUT2D eigenvalue weighted by Gasteiger charge is -2.17. The van der Waals surface area contributed by atoms with Crippen LogP contribution in [0.5, 0.6) is 0 Å². The number of carboxylic acid groups (broad SMARTS) is 1. The highest BCUT2D eigenvalue weighted by molar-refractivity contribution is 7.52. The normalized spacial score (nSPS) is 12.5. The molecule has 0 aliphatic carbocycles. The fraction of sp³-hybridized carbons (Fsp3) is 0.0714. The topological polar surface area (TPSA) is 120 Å². The molecule has 126 valence electrons. The Labute approximate surface area is 134 Å². The van der Waals surface area contributed by atoms with Crippen molar-refractivity contribution < 1.29 is 33.0 Å². The molecule has 0 bridgehead atoms. The number of alkyl halides is 2. The molecule has 0 amide bonds. The number of halogens is 2. The van der Waals surface area contributed by atoms with E-state index in [2.05, 4.69) is 10.2 Å². The van der Waals surface area contributed by atoms with E-state index in [4.69, 9.17) is 14.9 Å². The molecule has 0 heterocycles. The van der Waals surface area contributed by atoms with E-state index >= 15 is 0 Å². The molecule has 0 saturated carbocycles. The first kappa shape index (κ1) is 17.9. The van der Waals surface area contributed by atoms with Gasteiger partial charge in [0.15, 0.2) is 0 Å². The van der Waals surface area contributed by atoms with E-state index in [1.807, 2.05) is 0 Å². The number of nitrogens with zero attached hydrogens (tertiary/aromatic N) is 2. The van der Waals surface area contributed by atoms with E-state index in [9.17, 15) is 18.1 Å². The Morgan fingerprint density at radius 2 is 1.58 bits per heavy atom. The number of hydrogen-bond acceptors (Lipinski definition) is 4. The van der Waals surface area contributed by atoms with Crippen LogP contribution in [0.25, 0.3) is 0 Å². The molecule has 0 saturated heterocycles. The number of hydrogen-bond donors (Lipinski definition) is 3. The zero-order valence-electron chi connectivity index (χ0n) is 11.9. The van der Waals surface area contributed by atoms with Crippen LogP contribution in [0.1, 0.15) is 15.9 Å². The van der Waals surface area contributed by atoms with Crippen LogP contribution in [-0.2, 0) is 10.2 Å². The first-order valence-corrected chi connectivity index (χ1v) is 8.01. The highest BCUT2D eigenvalue weighted by Crippen LogP contribution is 2.59. The standard InChI is InChI=1S/C14H11F2N2O5P/c15-14(16,24(21,22)23)10-4-6-11(7-5-10)17-18-12-3-1-2-9(8-12)13(19)20/h1-8H,(H,19,20)(H2,21,22,23). The van der Waals surface area contributed by atoms with Gasteiger partial charge >= 0.3 is 19.2 Å². The molecule has 0 aliphatic rings. The van der Waals surface area contributed by atoms with Gasteiger partial charge in [0, 0.05) is 5.56 Å². The highest BCUT2D eigenvalue weighted by atomic mass is 31.2. The van der Waals surface area contributed by atoms with Crippen LogP contribution in [0.3, 0.4) is 0 Å². The van der Waals surface area contributed by atoms with Crippen molar-refractivity contribution in [3.63, 3.8) is 0 Å². The van der Waals surface area contributed by atoms with Crippen molar-refractivity contribution in [1.29, 1.82) is 0 Å². The monoisotopic (exact) mass is 356 g/mol. The number of carboxylic acids is 1. The van der Waals surface area contributed by atoms with Crippen LogP contribution in [0, 0.1) is 0 Å². The Kier molecular flexibility index (Phi) is 4.88. The van der Waals surface area contributed by atoms with Crippen LogP contribution in [0.2, 0.25) is 0 Å². The summed E-state index contributed by atoms with van der Waals surface area (Å²) < 4.78 is 37.8. The summed E-state index contributed by atoms with van der Waals surface area (Å²) in [7, 11) is -5.63. The van der Waals surface area contributed by atoms with Crippen LogP contribution in [-0.4, -0.2) is 20.9 Å². The zero-order valence-corrected chi connectivity index (χ0v) is 12.8. The minimum absolute atomic E-state index is 0.0167. The Bertz CT molecular complexity index is 833. The third-order valence-electron chi connectivity index (χ3n) is 2.95. The Morgan fingerprint density at radius 3 is 2.12 bits per heavy atom. The molecular formula is C14H11F2N2O5P. The molecule has 0 spiro atoms. The third kappa shape index (κ3) is 3.88. The van der Waals surface area contributed by atoms with Crippen molar-refractivity contribution in [2.24, 2.45) is 10.2 Å². The number of azo groups is 1. The fourth-order valence-corrected chi connectivity index (χ4v) is 2.20. The van der Waals surface area contributed by atoms with E-state index in [1.165, 1.54) is 24.3 Å². The smallest absolute Gasteiger partial charge is 0.399 e. The summed E-state index contributed by atoms with van der Waals surface area (Å²) >= 11 is 0. The summed E-state index contributed by atoms with van der Waals surface area (Å²) in [5.41, 5.74) is -4.72. The van der Waals surface area contributed by atoms with E-state index in [1.54, 1.807) is 0 Å². The van der Waals surface area contributed by atoms with Gasteiger partial charge in [-0.25, -0.2) is 4.79 Å². The van der Waals surface area contributed by atoms with Gasteiger partial charge in [0.1, 0.15) is 0 Å². The van der Waals surface area contributed by atoms with Crippen molar-refractivity contribution >= 4 is 24.9 Å². The van der Waals surface area contributed by atoms with E-state index in [-0.39, 0.29) is 16.9 Å². The van der Waals surface area contributed by atoms with Gasteiger partial charge in [-0.05, 0) is 30.3 Å². The molecule has 0 radical (unpaired) electrons. The largest absolute Gasteiger partial charge is 0.478 e. The number of carbonyl (C=O) groups is 1. The molecule has 0 unspecified atom stereocenters. The van der Waals surface area contributed by atoms with Gasteiger partial charge in [0.25, 0.3) is 0 Å². The lowest BCUT2D eigenvalue weighted by Crippen LogP contribution is -2.13. The molecule has 10 heteroatoms. The van der Waals surface area contributed by atoms with Crippen LogP contribution >= 0.6 is 7.60 Å². The Morgan fingerprint density at radius 1 is 1.00 bits per heavy atom. The zero-order chi connectivity index (χ0) is 18.0. The van der Waals surface area contributed by atoms with Gasteiger partial charge in [-0.15, -0.1) is 0 Å². The third-order valence-corrected chi connectivity index (χ3v) is 3.94. The minimum Gasteiger partial charge on any atom is -0.478 e. The molecule has 3 N–H and O–H groups in total. The predicted octanol–water partition coefficient (Wildman–Crippen LogP) is 4.03. The summed E-state index contributed by atoms with van der Waals surface area (Å²) in [5.74, 6) is -1.13. The number of rotatable bonds is 5. The summed E-state index contributed by atoms with van der Waals surface area (Å²) in [4.78, 5) is 28.2. The maximum absolute atomic E-state index is 13.5. The van der Waals surface area contributed by atoms with Gasteiger partial charge < -0.3 is 14.9 Å². The van der Waals surface area contributed by atoms with Crippen LogP contribution in [0.4, 0.5) is 20.2 Å². The van der Waals surface area contributed by atoms with Gasteiger partial charge in [-0.1, -0.05) is 18.2 Å². The SMILES string of the molecule is O=C(O)c1cccc(N=Nc2ccc(C(F)(F)P(=O)(O)O)cc2)c1. The first-order chi connectivity index (χ1) is 11.1. The Hall–Kier alpha value is -2.48. The fourth-order valence-electron chi connectivity index (χ4n) is 1.71. The number of benzene rings is 2. The minimum atomic E-state index is -5.63. The van der Waals surface area contributed by atoms with Crippen molar-refractivity contribution in [1.82, 2.24) is 0 Å². The number of aromatic carboxylic acids is 1. The lowest BCUT2D eigenvalue weighted by molar-refractivity contribution is 0.0564. The summed E-state index contributed by atoms with van der Waals surface area (Å²) in [6.45, 7) is 0. The van der Waals surface area contributed by atoms with E-state index < -0.39 is 24.8 Å². The van der Waals surface area contributed by atoms with Crippen molar-refractivity contribution in [2.45, 2.75) is 5.66 Å². The second-order valence-corrected chi connectivity index (χ2v) is 6.34. The van der Waals surface area contributed by atoms with E-state index in [0.29, 0.717) is 0 Å². The van der Waals surface area contributed by atoms with Crippen molar-refractivity contribution in [2.75, 3.05) is 0 Å². The predicted molar refractivity (Wildman–Crippen MR) is 80.0 cm³/mol. The highest BCUT2D eigenvalue weighted by Gasteiger charge is 2.50. The van der Waals surface area contributed by atoms with Gasteiger partial charge in [-0.3, -0.25) is 4.57 Å². The molecule has 0 aliphatic heterocycles. The molecule has 2 aromatic rings. The molecule has 0 atom stereocenters. The molecule has 7 nitrogen and oxygen atoms in total. The average Bonchev–Trinajstić information content (AvgIpc) is 2.52. The Balaban J connectivity index is 2.22. The average molecular weight is 356 g/mol. The van der Waals surface area contributed by atoms with E-state index in [0.717, 1.165) is 24.3 Å². The maximum atomic E-state index is 13.5. The van der Waals surface area contributed by atoms with Crippen molar-refractivity contribution in [3.8, 4) is 0 Å². The van der Waals surface area contributed by atoms with Gasteiger partial charge in [-0.2, -0.15) is 19.0 Å². The first-order valence-electron chi connectivity index (χ1n) is 6.40. The second-order valence-electron chi connectivity index (χ2n) is 4.69. The molecule has 0 aromatic heterocycles. The molecule has 2 aromatic carbocycles. The molecule has 24 heavy (non-hydrogen) atoms. The van der Waals surface area contributed by atoms with Crippen LogP contribution in [0.15, 0.2) is 58.8 Å². The van der Waals surface area contributed by atoms with Gasteiger partial charge in [0.2, 0.25) is 0 Å². The molecule has 0 fully saturated rings. The lowest BCUT2D eigenvalue weighted by atomic mass is 10.2. The van der Waals surface area contributed by atoms with Crippen molar-refractivity contribution in [3.05, 3.63) is 59.7 Å².